The summed E-state index contributed by atoms with van der Waals surface area (Å²) in [5.41, 5.74) is 0.585. The van der Waals surface area contributed by atoms with Crippen molar-refractivity contribution in [1.29, 1.82) is 0 Å². The second-order valence-electron chi connectivity index (χ2n) is 5.80. The SMILES string of the molecule is CCOC(=O)c1c(O)c(O)c(C(=O)N(C)C)n1-c1ccc(OC)c(C)c1. The van der Waals surface area contributed by atoms with E-state index in [2.05, 4.69) is 0 Å². The van der Waals surface area contributed by atoms with Crippen LogP contribution in [0.3, 0.4) is 0 Å². The lowest BCUT2D eigenvalue weighted by atomic mass is 10.2. The Morgan fingerprint density at radius 1 is 1.15 bits per heavy atom. The molecule has 0 spiro atoms. The number of nitrogens with zero attached hydrogens (tertiary/aromatic N) is 2. The van der Waals surface area contributed by atoms with Gasteiger partial charge in [0.15, 0.2) is 22.9 Å². The number of rotatable bonds is 5. The fourth-order valence-corrected chi connectivity index (χ4v) is 2.60. The van der Waals surface area contributed by atoms with Crippen LogP contribution in [0.5, 0.6) is 17.2 Å². The van der Waals surface area contributed by atoms with Crippen LogP contribution >= 0.6 is 0 Å². The molecule has 1 aromatic carbocycles. The molecule has 0 saturated carbocycles. The first-order valence-corrected chi connectivity index (χ1v) is 7.94. The van der Waals surface area contributed by atoms with Gasteiger partial charge in [0, 0.05) is 19.8 Å². The number of hydrogen-bond donors (Lipinski definition) is 2. The van der Waals surface area contributed by atoms with Crippen LogP contribution in [0.1, 0.15) is 33.5 Å². The summed E-state index contributed by atoms with van der Waals surface area (Å²) in [6.45, 7) is 3.48. The lowest BCUT2D eigenvalue weighted by Crippen LogP contribution is -2.25. The Labute approximate surface area is 151 Å². The average Bonchev–Trinajstić information content (AvgIpc) is 2.85. The van der Waals surface area contributed by atoms with Crippen molar-refractivity contribution in [1.82, 2.24) is 9.47 Å². The minimum Gasteiger partial charge on any atom is -0.503 e. The van der Waals surface area contributed by atoms with E-state index in [-0.39, 0.29) is 18.0 Å². The molecule has 2 aromatic rings. The van der Waals surface area contributed by atoms with Crippen molar-refractivity contribution >= 4 is 11.9 Å². The molecule has 0 fully saturated rings. The van der Waals surface area contributed by atoms with E-state index in [1.54, 1.807) is 32.0 Å². The zero-order valence-corrected chi connectivity index (χ0v) is 15.4. The maximum atomic E-state index is 12.6. The number of aromatic hydroxyl groups is 2. The number of methoxy groups -OCH3 is 1. The van der Waals surface area contributed by atoms with E-state index in [1.165, 1.54) is 30.7 Å². The molecular formula is C18H22N2O6. The van der Waals surface area contributed by atoms with Gasteiger partial charge in [0.1, 0.15) is 5.75 Å². The number of aryl methyl sites for hydroxylation is 1. The highest BCUT2D eigenvalue weighted by molar-refractivity contribution is 6.02. The second-order valence-corrected chi connectivity index (χ2v) is 5.80. The summed E-state index contributed by atoms with van der Waals surface area (Å²) < 4.78 is 11.4. The number of benzene rings is 1. The van der Waals surface area contributed by atoms with Gasteiger partial charge in [0.25, 0.3) is 5.91 Å². The van der Waals surface area contributed by atoms with E-state index < -0.39 is 23.4 Å². The molecule has 0 aliphatic carbocycles. The maximum absolute atomic E-state index is 12.6. The Morgan fingerprint density at radius 2 is 1.77 bits per heavy atom. The molecule has 0 aliphatic rings. The van der Waals surface area contributed by atoms with Gasteiger partial charge in [-0.25, -0.2) is 4.79 Å². The van der Waals surface area contributed by atoms with Crippen LogP contribution in [0, 0.1) is 6.92 Å². The highest BCUT2D eigenvalue weighted by Gasteiger charge is 2.33. The molecular weight excluding hydrogens is 340 g/mol. The summed E-state index contributed by atoms with van der Waals surface area (Å²) in [6.07, 6.45) is 0. The predicted octanol–water partition coefficient (Wildman–Crippen LogP) is 2.08. The Bertz CT molecular complexity index is 854. The number of carbonyl (C=O) groups excluding carboxylic acids is 2. The summed E-state index contributed by atoms with van der Waals surface area (Å²) in [7, 11) is 4.53. The predicted molar refractivity (Wildman–Crippen MR) is 94.4 cm³/mol. The van der Waals surface area contributed by atoms with Crippen LogP contribution in [0.15, 0.2) is 18.2 Å². The minimum absolute atomic E-state index is 0.0722. The average molecular weight is 362 g/mol. The molecule has 0 saturated heterocycles. The fraction of sp³-hybridized carbons (Fsp3) is 0.333. The monoisotopic (exact) mass is 362 g/mol. The van der Waals surface area contributed by atoms with Crippen molar-refractivity contribution in [2.75, 3.05) is 27.8 Å². The van der Waals surface area contributed by atoms with E-state index >= 15 is 0 Å². The molecule has 0 bridgehead atoms. The highest BCUT2D eigenvalue weighted by atomic mass is 16.5. The highest BCUT2D eigenvalue weighted by Crippen LogP contribution is 2.39. The number of hydrogen-bond acceptors (Lipinski definition) is 6. The summed E-state index contributed by atoms with van der Waals surface area (Å²) in [4.78, 5) is 26.2. The molecule has 8 heteroatoms. The zero-order valence-electron chi connectivity index (χ0n) is 15.4. The lowest BCUT2D eigenvalue weighted by molar-refractivity contribution is 0.0513. The largest absolute Gasteiger partial charge is 0.503 e. The molecule has 26 heavy (non-hydrogen) atoms. The molecule has 0 atom stereocenters. The van der Waals surface area contributed by atoms with Crippen molar-refractivity contribution in [3.63, 3.8) is 0 Å². The first-order chi connectivity index (χ1) is 12.2. The third-order valence-electron chi connectivity index (χ3n) is 3.83. The molecule has 8 nitrogen and oxygen atoms in total. The fourth-order valence-electron chi connectivity index (χ4n) is 2.60. The Hall–Kier alpha value is -3.16. The normalized spacial score (nSPS) is 10.5. The minimum atomic E-state index is -0.855. The van der Waals surface area contributed by atoms with Crippen molar-refractivity contribution in [3.05, 3.63) is 35.2 Å². The van der Waals surface area contributed by atoms with Gasteiger partial charge >= 0.3 is 5.97 Å². The van der Waals surface area contributed by atoms with Crippen LogP contribution in [-0.4, -0.2) is 59.4 Å². The Kier molecular flexibility index (Phi) is 5.44. The quantitative estimate of drug-likeness (QED) is 0.790. The van der Waals surface area contributed by atoms with E-state index in [1.807, 2.05) is 0 Å². The third kappa shape index (κ3) is 3.17. The van der Waals surface area contributed by atoms with Crippen LogP contribution in [0.25, 0.3) is 5.69 Å². The summed E-state index contributed by atoms with van der Waals surface area (Å²) >= 11 is 0. The van der Waals surface area contributed by atoms with Crippen LogP contribution in [-0.2, 0) is 4.74 Å². The van der Waals surface area contributed by atoms with Crippen molar-refractivity contribution < 1.29 is 29.3 Å². The smallest absolute Gasteiger partial charge is 0.359 e. The van der Waals surface area contributed by atoms with Gasteiger partial charge in [-0.2, -0.15) is 0 Å². The standard InChI is InChI=1S/C18H22N2O6/c1-6-26-18(24)14-16(22)15(21)13(17(23)19(3)4)20(14)11-7-8-12(25-5)10(2)9-11/h7-9,21-22H,6H2,1-5H3. The van der Waals surface area contributed by atoms with Gasteiger partial charge < -0.3 is 24.6 Å². The second kappa shape index (κ2) is 7.38. The maximum Gasteiger partial charge on any atom is 0.359 e. The van der Waals surface area contributed by atoms with Gasteiger partial charge in [-0.3, -0.25) is 9.36 Å². The van der Waals surface area contributed by atoms with Crippen LogP contribution < -0.4 is 4.74 Å². The van der Waals surface area contributed by atoms with Gasteiger partial charge in [-0.1, -0.05) is 0 Å². The summed E-state index contributed by atoms with van der Waals surface area (Å²) in [5.74, 6) is -2.21. The molecule has 0 aliphatic heterocycles. The van der Waals surface area contributed by atoms with Crippen molar-refractivity contribution in [2.45, 2.75) is 13.8 Å². The summed E-state index contributed by atoms with van der Waals surface area (Å²) in [5, 5.41) is 20.6. The summed E-state index contributed by atoms with van der Waals surface area (Å²) in [6, 6.07) is 4.95. The molecule has 1 amide bonds. The first kappa shape index (κ1) is 19.2. The number of ether oxygens (including phenoxy) is 2. The number of aromatic nitrogens is 1. The number of esters is 1. The van der Waals surface area contributed by atoms with Gasteiger partial charge in [-0.15, -0.1) is 0 Å². The molecule has 2 N–H and O–H groups in total. The number of carbonyl (C=O) groups is 2. The lowest BCUT2D eigenvalue weighted by Gasteiger charge is -2.16. The van der Waals surface area contributed by atoms with Crippen LogP contribution in [0.4, 0.5) is 0 Å². The number of amides is 1. The molecule has 2 rings (SSSR count). The molecule has 0 radical (unpaired) electrons. The molecule has 1 heterocycles. The first-order valence-electron chi connectivity index (χ1n) is 7.94. The van der Waals surface area contributed by atoms with Gasteiger partial charge in [0.2, 0.25) is 0 Å². The molecule has 1 aromatic heterocycles. The Balaban J connectivity index is 2.83. The van der Waals surface area contributed by atoms with Gasteiger partial charge in [-0.05, 0) is 37.6 Å². The van der Waals surface area contributed by atoms with Gasteiger partial charge in [0.05, 0.1) is 13.7 Å². The molecule has 0 unspecified atom stereocenters. The van der Waals surface area contributed by atoms with E-state index in [0.29, 0.717) is 11.4 Å². The van der Waals surface area contributed by atoms with Crippen LogP contribution in [0.2, 0.25) is 0 Å². The van der Waals surface area contributed by atoms with E-state index in [0.717, 1.165) is 5.56 Å². The molecule has 140 valence electrons. The van der Waals surface area contributed by atoms with E-state index in [9.17, 15) is 19.8 Å². The van der Waals surface area contributed by atoms with E-state index in [4.69, 9.17) is 9.47 Å². The third-order valence-corrected chi connectivity index (χ3v) is 3.83. The zero-order chi connectivity index (χ0) is 19.6. The van der Waals surface area contributed by atoms with Crippen molar-refractivity contribution in [3.8, 4) is 22.9 Å². The van der Waals surface area contributed by atoms with Crippen molar-refractivity contribution in [2.24, 2.45) is 0 Å². The topological polar surface area (TPSA) is 101 Å². The Morgan fingerprint density at radius 3 is 2.27 bits per heavy atom.